The third-order valence-corrected chi connectivity index (χ3v) is 5.81. The molecule has 9 heteroatoms. The highest BCUT2D eigenvalue weighted by Gasteiger charge is 2.10. The molecular formula is C30H29Cl3N2O4. The topological polar surface area (TPSA) is 90.6 Å². The standard InChI is InChI=1S/C15H14ClNO2.C8H7ClO2.C7H8ClN/c1-19-14-8-3-2-7-13(14)15(18)17-10-11-5-4-6-12(16)9-11;1-11-7-5-3-2-4-6(7)8(9)10;8-7-3-1-2-6(4-7)5-9/h2-9H,10H2,1H3,(H,17,18);2-5H,1H3;1-4H,5,9H2. The van der Waals surface area contributed by atoms with E-state index in [1.165, 1.54) is 7.11 Å². The average Bonchev–Trinajstić information content (AvgIpc) is 2.96. The average molecular weight is 588 g/mol. The molecule has 4 aromatic carbocycles. The molecule has 204 valence electrons. The van der Waals surface area contributed by atoms with E-state index in [0.29, 0.717) is 40.7 Å². The summed E-state index contributed by atoms with van der Waals surface area (Å²) in [5.41, 5.74) is 8.31. The molecule has 0 saturated carbocycles. The van der Waals surface area contributed by atoms with Crippen molar-refractivity contribution >= 4 is 46.0 Å². The van der Waals surface area contributed by atoms with Crippen LogP contribution >= 0.6 is 34.8 Å². The maximum atomic E-state index is 12.1. The van der Waals surface area contributed by atoms with Gasteiger partial charge in [0, 0.05) is 23.1 Å². The van der Waals surface area contributed by atoms with E-state index in [-0.39, 0.29) is 5.91 Å². The minimum absolute atomic E-state index is 0.169. The van der Waals surface area contributed by atoms with E-state index in [1.807, 2.05) is 48.5 Å². The van der Waals surface area contributed by atoms with Crippen LogP contribution in [0.25, 0.3) is 0 Å². The van der Waals surface area contributed by atoms with Crippen molar-refractivity contribution in [2.75, 3.05) is 14.2 Å². The molecule has 1 amide bonds. The smallest absolute Gasteiger partial charge is 0.256 e. The number of para-hydroxylation sites is 2. The van der Waals surface area contributed by atoms with Gasteiger partial charge in [0.05, 0.1) is 25.3 Å². The molecule has 0 spiro atoms. The lowest BCUT2D eigenvalue weighted by molar-refractivity contribution is 0.0947. The summed E-state index contributed by atoms with van der Waals surface area (Å²) in [6.45, 7) is 0.984. The second kappa shape index (κ2) is 17.1. The van der Waals surface area contributed by atoms with Crippen LogP contribution in [-0.4, -0.2) is 25.4 Å². The Morgan fingerprint density at radius 3 is 1.67 bits per heavy atom. The summed E-state index contributed by atoms with van der Waals surface area (Å²) in [6, 6.07) is 28.9. The van der Waals surface area contributed by atoms with Crippen molar-refractivity contribution in [1.82, 2.24) is 5.32 Å². The molecule has 39 heavy (non-hydrogen) atoms. The van der Waals surface area contributed by atoms with Crippen molar-refractivity contribution in [2.24, 2.45) is 5.73 Å². The number of nitrogens with one attached hydrogen (secondary N) is 1. The van der Waals surface area contributed by atoms with Gasteiger partial charge in [-0.05, 0) is 71.3 Å². The molecule has 4 rings (SSSR count). The third kappa shape index (κ3) is 11.0. The molecule has 0 radical (unpaired) electrons. The van der Waals surface area contributed by atoms with Crippen LogP contribution in [0.15, 0.2) is 97.1 Å². The van der Waals surface area contributed by atoms with Crippen LogP contribution in [0.2, 0.25) is 10.0 Å². The Bertz CT molecular complexity index is 1370. The molecule has 6 nitrogen and oxygen atoms in total. The molecule has 0 aliphatic carbocycles. The quantitative estimate of drug-likeness (QED) is 0.224. The van der Waals surface area contributed by atoms with E-state index in [2.05, 4.69) is 5.32 Å². The summed E-state index contributed by atoms with van der Waals surface area (Å²) in [7, 11) is 3.04. The number of halogens is 3. The lowest BCUT2D eigenvalue weighted by Crippen LogP contribution is -2.23. The van der Waals surface area contributed by atoms with Crippen molar-refractivity contribution in [3.8, 4) is 11.5 Å². The summed E-state index contributed by atoms with van der Waals surface area (Å²) in [6.07, 6.45) is 0. The predicted molar refractivity (Wildman–Crippen MR) is 158 cm³/mol. The Kier molecular flexibility index (Phi) is 13.9. The van der Waals surface area contributed by atoms with Crippen molar-refractivity contribution in [2.45, 2.75) is 13.1 Å². The molecule has 0 unspecified atom stereocenters. The number of methoxy groups -OCH3 is 2. The van der Waals surface area contributed by atoms with Crippen LogP contribution in [0, 0.1) is 0 Å². The lowest BCUT2D eigenvalue weighted by atomic mass is 10.1. The van der Waals surface area contributed by atoms with E-state index in [9.17, 15) is 9.59 Å². The summed E-state index contributed by atoms with van der Waals surface area (Å²) in [5.74, 6) is 0.899. The minimum atomic E-state index is -0.498. The largest absolute Gasteiger partial charge is 0.496 e. The van der Waals surface area contributed by atoms with Crippen molar-refractivity contribution in [3.05, 3.63) is 129 Å². The zero-order chi connectivity index (χ0) is 28.6. The van der Waals surface area contributed by atoms with Gasteiger partial charge in [0.2, 0.25) is 0 Å². The zero-order valence-corrected chi connectivity index (χ0v) is 23.8. The fourth-order valence-corrected chi connectivity index (χ4v) is 3.81. The maximum Gasteiger partial charge on any atom is 0.256 e. The lowest BCUT2D eigenvalue weighted by Gasteiger charge is -2.09. The molecule has 0 fully saturated rings. The van der Waals surface area contributed by atoms with Crippen LogP contribution in [0.5, 0.6) is 11.5 Å². The van der Waals surface area contributed by atoms with Gasteiger partial charge in [0.15, 0.2) is 0 Å². The van der Waals surface area contributed by atoms with E-state index in [4.69, 9.17) is 50.0 Å². The number of rotatable bonds is 7. The van der Waals surface area contributed by atoms with Crippen LogP contribution in [-0.2, 0) is 13.1 Å². The van der Waals surface area contributed by atoms with E-state index in [0.717, 1.165) is 16.1 Å². The van der Waals surface area contributed by atoms with E-state index in [1.54, 1.807) is 55.6 Å². The van der Waals surface area contributed by atoms with Gasteiger partial charge in [-0.15, -0.1) is 0 Å². The maximum absolute atomic E-state index is 12.1. The molecule has 0 atom stereocenters. The van der Waals surface area contributed by atoms with Crippen LogP contribution < -0.4 is 20.5 Å². The number of carbonyl (C=O) groups excluding carboxylic acids is 2. The first-order chi connectivity index (χ1) is 18.8. The Morgan fingerprint density at radius 2 is 1.21 bits per heavy atom. The fraction of sp³-hybridized carbons (Fsp3) is 0.133. The minimum Gasteiger partial charge on any atom is -0.496 e. The van der Waals surface area contributed by atoms with E-state index >= 15 is 0 Å². The summed E-state index contributed by atoms with van der Waals surface area (Å²) in [5, 5.41) is 3.75. The van der Waals surface area contributed by atoms with Crippen LogP contribution in [0.4, 0.5) is 0 Å². The molecule has 0 aliphatic heterocycles. The molecule has 0 aliphatic rings. The van der Waals surface area contributed by atoms with Gasteiger partial charge in [0.25, 0.3) is 11.1 Å². The first-order valence-electron chi connectivity index (χ1n) is 11.7. The Hall–Kier alpha value is -3.55. The van der Waals surface area contributed by atoms with Gasteiger partial charge >= 0.3 is 0 Å². The molecule has 0 heterocycles. The number of nitrogens with two attached hydrogens (primary N) is 1. The molecule has 0 saturated heterocycles. The molecule has 3 N–H and O–H groups in total. The SMILES string of the molecule is COc1ccccc1C(=O)Cl.COc1ccccc1C(=O)NCc1cccc(Cl)c1.NCc1cccc(Cl)c1. The molecular weight excluding hydrogens is 559 g/mol. The number of benzene rings is 4. The highest BCUT2D eigenvalue weighted by molar-refractivity contribution is 6.68. The van der Waals surface area contributed by atoms with Gasteiger partial charge < -0.3 is 20.5 Å². The highest BCUT2D eigenvalue weighted by atomic mass is 35.5. The highest BCUT2D eigenvalue weighted by Crippen LogP contribution is 2.19. The monoisotopic (exact) mass is 586 g/mol. The van der Waals surface area contributed by atoms with Crippen LogP contribution in [0.1, 0.15) is 31.8 Å². The van der Waals surface area contributed by atoms with E-state index < -0.39 is 5.24 Å². The van der Waals surface area contributed by atoms with Crippen molar-refractivity contribution in [1.29, 1.82) is 0 Å². The Balaban J connectivity index is 0.000000226. The van der Waals surface area contributed by atoms with Gasteiger partial charge in [-0.2, -0.15) is 0 Å². The second-order valence-electron chi connectivity index (χ2n) is 7.82. The molecule has 4 aromatic rings. The number of carbonyl (C=O) groups is 2. The summed E-state index contributed by atoms with van der Waals surface area (Å²) < 4.78 is 10.1. The molecule has 0 bridgehead atoms. The first kappa shape index (κ1) is 31.7. The normalized spacial score (nSPS) is 9.69. The Labute approximate surface area is 243 Å². The third-order valence-electron chi connectivity index (χ3n) is 5.14. The number of hydrogen-bond donors (Lipinski definition) is 2. The number of hydrogen-bond acceptors (Lipinski definition) is 5. The van der Waals surface area contributed by atoms with Crippen LogP contribution in [0.3, 0.4) is 0 Å². The van der Waals surface area contributed by atoms with Gasteiger partial charge in [-0.3, -0.25) is 9.59 Å². The number of amides is 1. The molecule has 0 aromatic heterocycles. The van der Waals surface area contributed by atoms with Crippen molar-refractivity contribution in [3.63, 3.8) is 0 Å². The second-order valence-corrected chi connectivity index (χ2v) is 9.04. The van der Waals surface area contributed by atoms with Crippen molar-refractivity contribution < 1.29 is 19.1 Å². The van der Waals surface area contributed by atoms with Gasteiger partial charge in [-0.1, -0.05) is 71.7 Å². The predicted octanol–water partition coefficient (Wildman–Crippen LogP) is 7.15. The Morgan fingerprint density at radius 1 is 0.718 bits per heavy atom. The van der Waals surface area contributed by atoms with Gasteiger partial charge in [0.1, 0.15) is 11.5 Å². The first-order valence-corrected chi connectivity index (χ1v) is 12.9. The summed E-state index contributed by atoms with van der Waals surface area (Å²) >= 11 is 16.8. The van der Waals surface area contributed by atoms with Gasteiger partial charge in [-0.25, -0.2) is 0 Å². The zero-order valence-electron chi connectivity index (χ0n) is 21.5. The number of ether oxygens (including phenoxy) is 2. The summed E-state index contributed by atoms with van der Waals surface area (Å²) in [4.78, 5) is 22.8. The fourth-order valence-electron chi connectivity index (χ4n) is 3.23.